The fraction of sp³-hybridized carbons (Fsp3) is 0.571. The van der Waals surface area contributed by atoms with Gasteiger partial charge in [0.15, 0.2) is 0 Å². The minimum atomic E-state index is -4.93. The Morgan fingerprint density at radius 3 is 1.00 bits per heavy atom. The summed E-state index contributed by atoms with van der Waals surface area (Å²) < 4.78 is 68.1. The van der Waals surface area contributed by atoms with Gasteiger partial charge in [0, 0.05) is 22.5 Å². The second-order valence-corrected chi connectivity index (χ2v) is 13.6. The molecular weight excluding hydrogens is 552 g/mol. The molecule has 12 heteroatoms. The zero-order chi connectivity index (χ0) is 31.6. The first-order valence-corrected chi connectivity index (χ1v) is 16.4. The van der Waals surface area contributed by atoms with Crippen molar-refractivity contribution in [3.8, 4) is 11.1 Å². The number of benzene rings is 2. The van der Waals surface area contributed by atoms with Crippen molar-refractivity contribution in [2.75, 3.05) is 24.6 Å². The summed E-state index contributed by atoms with van der Waals surface area (Å²) in [6, 6.07) is 9.75. The second-order valence-electron chi connectivity index (χ2n) is 10.9. The Balaban J connectivity index is 0.000000700. The van der Waals surface area contributed by atoms with Crippen LogP contribution in [-0.4, -0.2) is 63.2 Å². The highest BCUT2D eigenvalue weighted by molar-refractivity contribution is 7.86. The molecule has 0 saturated heterocycles. The molecule has 0 fully saturated rings. The molecule has 0 atom stereocenters. The normalized spacial score (nSPS) is 12.2. The quantitative estimate of drug-likeness (QED) is 0.248. The summed E-state index contributed by atoms with van der Waals surface area (Å²) in [4.78, 5) is 1.94. The van der Waals surface area contributed by atoms with Gasteiger partial charge in [0.25, 0.3) is 0 Å². The maximum atomic E-state index is 11.3. The molecule has 0 aliphatic rings. The zero-order valence-electron chi connectivity index (χ0n) is 25.6. The predicted octanol–water partition coefficient (Wildman–Crippen LogP) is 1.74. The minimum absolute atomic E-state index is 0.000139. The fourth-order valence-corrected chi connectivity index (χ4v) is 6.36. The van der Waals surface area contributed by atoms with E-state index in [1.165, 1.54) is 25.2 Å². The summed E-state index contributed by atoms with van der Waals surface area (Å²) in [5.74, 6) is 0. The number of hydrogen-bond donors (Lipinski definition) is 4. The number of anilines is 2. The summed E-state index contributed by atoms with van der Waals surface area (Å²) in [5, 5.41) is 0. The van der Waals surface area contributed by atoms with E-state index in [-0.39, 0.29) is 22.5 Å². The number of nitrogens with one attached hydrogen (secondary N) is 2. The van der Waals surface area contributed by atoms with Gasteiger partial charge in [-0.3, -0.25) is 0 Å². The minimum Gasteiger partial charge on any atom is -0.744 e. The molecule has 10 nitrogen and oxygen atoms in total. The molecule has 0 aromatic heterocycles. The Bertz CT molecular complexity index is 1160. The van der Waals surface area contributed by atoms with Gasteiger partial charge < -0.3 is 30.4 Å². The van der Waals surface area contributed by atoms with Crippen molar-refractivity contribution in [2.45, 2.75) is 103 Å². The Hall–Kier alpha value is -2.22. The standard InChI is InChI=1S/C12H12N2O6S2.2C8H19N/c13-7-1-3-9(11(5-7)21(15,16)17)10-4-2-8(14)6-12(10)22(18,19)20;2*1-6-9(7(2)3)8(4)5/h1-6H,13-14H2,(H,15,16,17)(H,18,19,20);2*7-8H,6H2,1-5H3. The number of nitrogen functional groups attached to an aromatic ring is 2. The molecule has 40 heavy (non-hydrogen) atoms. The van der Waals surface area contributed by atoms with Gasteiger partial charge in [-0.25, -0.2) is 16.8 Å². The summed E-state index contributed by atoms with van der Waals surface area (Å²) in [5.41, 5.74) is 10.4. The van der Waals surface area contributed by atoms with E-state index in [4.69, 9.17) is 11.5 Å². The first kappa shape index (κ1) is 37.8. The first-order valence-electron chi connectivity index (χ1n) is 13.6. The van der Waals surface area contributed by atoms with E-state index < -0.39 is 30.0 Å². The van der Waals surface area contributed by atoms with Crippen LogP contribution in [0.3, 0.4) is 0 Å². The van der Waals surface area contributed by atoms with Crippen molar-refractivity contribution in [1.82, 2.24) is 0 Å². The predicted molar refractivity (Wildman–Crippen MR) is 160 cm³/mol. The molecule has 0 aliphatic heterocycles. The lowest BCUT2D eigenvalue weighted by molar-refractivity contribution is -0.940. The number of quaternary nitrogens is 2. The molecule has 0 heterocycles. The molecule has 0 saturated carbocycles. The maximum absolute atomic E-state index is 11.3. The summed E-state index contributed by atoms with van der Waals surface area (Å²) in [6.45, 7) is 25.2. The van der Waals surface area contributed by atoms with E-state index in [9.17, 15) is 25.9 Å². The van der Waals surface area contributed by atoms with Crippen LogP contribution in [-0.2, 0) is 20.2 Å². The van der Waals surface area contributed by atoms with Gasteiger partial charge in [-0.15, -0.1) is 0 Å². The molecular formula is C28H50N4O6S2. The van der Waals surface area contributed by atoms with Crippen molar-refractivity contribution in [2.24, 2.45) is 0 Å². The van der Waals surface area contributed by atoms with Crippen LogP contribution in [0.2, 0.25) is 0 Å². The summed E-state index contributed by atoms with van der Waals surface area (Å²) in [7, 11) is -9.87. The molecule has 230 valence electrons. The summed E-state index contributed by atoms with van der Waals surface area (Å²) >= 11 is 0. The van der Waals surface area contributed by atoms with Crippen molar-refractivity contribution in [3.63, 3.8) is 0 Å². The van der Waals surface area contributed by atoms with Crippen molar-refractivity contribution >= 4 is 31.6 Å². The van der Waals surface area contributed by atoms with Crippen molar-refractivity contribution in [3.05, 3.63) is 36.4 Å². The van der Waals surface area contributed by atoms with Gasteiger partial charge >= 0.3 is 0 Å². The van der Waals surface area contributed by atoms with E-state index >= 15 is 0 Å². The molecule has 0 unspecified atom stereocenters. The molecule has 0 spiro atoms. The number of rotatable bonds is 9. The SMILES string of the molecule is CC[NH+](C(C)C)C(C)C.CC[NH+](C(C)C)C(C)C.Nc1ccc(-c2ccc(N)cc2S(=O)(=O)[O-])c(S(=O)(=O)[O-])c1. The largest absolute Gasteiger partial charge is 0.744 e. The van der Waals surface area contributed by atoms with Crippen LogP contribution >= 0.6 is 0 Å². The Labute approximate surface area is 242 Å². The maximum Gasteiger partial charge on any atom is 0.125 e. The van der Waals surface area contributed by atoms with Crippen LogP contribution in [0.5, 0.6) is 0 Å². The molecule has 2 rings (SSSR count). The number of hydrogen-bond acceptors (Lipinski definition) is 8. The van der Waals surface area contributed by atoms with Crippen LogP contribution in [0.1, 0.15) is 69.2 Å². The lowest BCUT2D eigenvalue weighted by Gasteiger charge is -2.25. The fourth-order valence-electron chi connectivity index (χ4n) is 4.90. The lowest BCUT2D eigenvalue weighted by atomic mass is 10.0. The highest BCUT2D eigenvalue weighted by Gasteiger charge is 2.18. The van der Waals surface area contributed by atoms with Gasteiger partial charge in [0.2, 0.25) is 0 Å². The molecule has 0 amide bonds. The molecule has 2 aromatic carbocycles. The average molecular weight is 603 g/mol. The van der Waals surface area contributed by atoms with Gasteiger partial charge in [-0.05, 0) is 93.5 Å². The number of nitrogens with two attached hydrogens (primary N) is 2. The average Bonchev–Trinajstić information content (AvgIpc) is 2.79. The van der Waals surface area contributed by atoms with Gasteiger partial charge in [0.1, 0.15) is 20.2 Å². The van der Waals surface area contributed by atoms with Crippen molar-refractivity contribution in [1.29, 1.82) is 0 Å². The first-order chi connectivity index (χ1) is 18.2. The van der Waals surface area contributed by atoms with Gasteiger partial charge in [-0.2, -0.15) is 0 Å². The Kier molecular flexibility index (Phi) is 15.4. The third kappa shape index (κ3) is 12.1. The Morgan fingerprint density at radius 1 is 0.600 bits per heavy atom. The molecule has 0 bridgehead atoms. The highest BCUT2D eigenvalue weighted by Crippen LogP contribution is 2.34. The molecule has 0 aliphatic carbocycles. The second kappa shape index (κ2) is 16.3. The summed E-state index contributed by atoms with van der Waals surface area (Å²) in [6.07, 6.45) is 0. The smallest absolute Gasteiger partial charge is 0.125 e. The van der Waals surface area contributed by atoms with E-state index in [0.717, 1.165) is 48.4 Å². The Morgan fingerprint density at radius 2 is 0.850 bits per heavy atom. The molecule has 6 N–H and O–H groups in total. The van der Waals surface area contributed by atoms with E-state index in [2.05, 4.69) is 69.2 Å². The van der Waals surface area contributed by atoms with E-state index in [0.29, 0.717) is 0 Å². The third-order valence-corrected chi connectivity index (χ3v) is 8.38. The van der Waals surface area contributed by atoms with Gasteiger partial charge in [0.05, 0.1) is 47.0 Å². The van der Waals surface area contributed by atoms with Crippen LogP contribution in [0, 0.1) is 0 Å². The van der Waals surface area contributed by atoms with E-state index in [1.807, 2.05) is 0 Å². The van der Waals surface area contributed by atoms with Crippen LogP contribution in [0.25, 0.3) is 11.1 Å². The monoisotopic (exact) mass is 602 g/mol. The lowest BCUT2D eigenvalue weighted by Crippen LogP contribution is -3.17. The van der Waals surface area contributed by atoms with E-state index in [1.54, 1.807) is 9.80 Å². The third-order valence-electron chi connectivity index (χ3n) is 6.62. The van der Waals surface area contributed by atoms with Crippen LogP contribution < -0.4 is 21.3 Å². The molecule has 0 radical (unpaired) electrons. The van der Waals surface area contributed by atoms with Crippen LogP contribution in [0.4, 0.5) is 11.4 Å². The zero-order valence-corrected chi connectivity index (χ0v) is 27.2. The van der Waals surface area contributed by atoms with Crippen LogP contribution in [0.15, 0.2) is 46.2 Å². The highest BCUT2D eigenvalue weighted by atomic mass is 32.2. The topological polar surface area (TPSA) is 175 Å². The molecule has 2 aromatic rings. The van der Waals surface area contributed by atoms with Gasteiger partial charge in [-0.1, -0.05) is 12.1 Å². The van der Waals surface area contributed by atoms with Crippen molar-refractivity contribution < 1.29 is 35.7 Å².